The van der Waals surface area contributed by atoms with E-state index in [1.165, 1.54) is 17.6 Å². The number of nitrogens with zero attached hydrogens (tertiary/aromatic N) is 5. The van der Waals surface area contributed by atoms with Crippen molar-refractivity contribution in [2.75, 3.05) is 5.32 Å². The molecule has 3 heterocycles. The van der Waals surface area contributed by atoms with Crippen LogP contribution in [-0.2, 0) is 6.42 Å². The van der Waals surface area contributed by atoms with Gasteiger partial charge in [0.25, 0.3) is 5.91 Å². The van der Waals surface area contributed by atoms with Crippen molar-refractivity contribution in [1.82, 2.24) is 25.2 Å². The van der Waals surface area contributed by atoms with Crippen LogP contribution in [0.3, 0.4) is 0 Å². The third kappa shape index (κ3) is 3.00. The molecule has 4 aromatic rings. The lowest BCUT2D eigenvalue weighted by Crippen LogP contribution is -2.14. The molecule has 0 saturated heterocycles. The SMILES string of the molecule is CCc1nnc(NC(=O)c2nnn(-c3ccccc3)c2-c2ccco2)s1. The monoisotopic (exact) mass is 366 g/mol. The van der Waals surface area contributed by atoms with Crippen LogP contribution in [0.2, 0.25) is 0 Å². The van der Waals surface area contributed by atoms with E-state index in [4.69, 9.17) is 4.42 Å². The van der Waals surface area contributed by atoms with Crippen LogP contribution < -0.4 is 5.32 Å². The molecule has 0 saturated carbocycles. The van der Waals surface area contributed by atoms with E-state index in [1.54, 1.807) is 16.8 Å². The van der Waals surface area contributed by atoms with Gasteiger partial charge in [0.1, 0.15) is 10.7 Å². The summed E-state index contributed by atoms with van der Waals surface area (Å²) >= 11 is 1.33. The summed E-state index contributed by atoms with van der Waals surface area (Å²) in [4.78, 5) is 12.7. The number of rotatable bonds is 5. The molecule has 0 radical (unpaired) electrons. The van der Waals surface area contributed by atoms with Gasteiger partial charge in [0.05, 0.1) is 12.0 Å². The Kier molecular flexibility index (Phi) is 4.28. The zero-order chi connectivity index (χ0) is 17.9. The fourth-order valence-electron chi connectivity index (χ4n) is 2.42. The van der Waals surface area contributed by atoms with Crippen LogP contribution in [0.4, 0.5) is 5.13 Å². The number of benzene rings is 1. The van der Waals surface area contributed by atoms with Crippen LogP contribution in [0.1, 0.15) is 22.4 Å². The molecule has 130 valence electrons. The maximum Gasteiger partial charge on any atom is 0.280 e. The van der Waals surface area contributed by atoms with Gasteiger partial charge < -0.3 is 4.42 Å². The first-order chi connectivity index (χ1) is 12.8. The van der Waals surface area contributed by atoms with Crippen molar-refractivity contribution >= 4 is 22.4 Å². The fraction of sp³-hybridized carbons (Fsp3) is 0.118. The summed E-state index contributed by atoms with van der Waals surface area (Å²) < 4.78 is 7.07. The number of carbonyl (C=O) groups is 1. The third-order valence-electron chi connectivity index (χ3n) is 3.63. The van der Waals surface area contributed by atoms with Crippen LogP contribution in [0.25, 0.3) is 17.1 Å². The van der Waals surface area contributed by atoms with Gasteiger partial charge in [0, 0.05) is 0 Å². The molecule has 0 unspecified atom stereocenters. The van der Waals surface area contributed by atoms with Crippen molar-refractivity contribution in [3.63, 3.8) is 0 Å². The molecule has 9 heteroatoms. The molecule has 0 spiro atoms. The first-order valence-electron chi connectivity index (χ1n) is 7.95. The average molecular weight is 366 g/mol. The second-order valence-corrected chi connectivity index (χ2v) is 6.38. The smallest absolute Gasteiger partial charge is 0.280 e. The molecule has 26 heavy (non-hydrogen) atoms. The highest BCUT2D eigenvalue weighted by atomic mass is 32.1. The lowest BCUT2D eigenvalue weighted by molar-refractivity contribution is 0.102. The van der Waals surface area contributed by atoms with E-state index in [0.717, 1.165) is 17.1 Å². The number of hydrogen-bond donors (Lipinski definition) is 1. The first-order valence-corrected chi connectivity index (χ1v) is 8.76. The lowest BCUT2D eigenvalue weighted by atomic mass is 10.2. The van der Waals surface area contributed by atoms with Crippen molar-refractivity contribution in [1.29, 1.82) is 0 Å². The molecule has 3 aromatic heterocycles. The van der Waals surface area contributed by atoms with Crippen LogP contribution in [0, 0.1) is 0 Å². The second kappa shape index (κ2) is 6.89. The summed E-state index contributed by atoms with van der Waals surface area (Å²) in [6.07, 6.45) is 2.30. The van der Waals surface area contributed by atoms with Gasteiger partial charge in [-0.1, -0.05) is 41.7 Å². The number of aromatic nitrogens is 5. The maximum absolute atomic E-state index is 12.7. The predicted octanol–water partition coefficient (Wildman–Crippen LogP) is 3.19. The van der Waals surface area contributed by atoms with E-state index < -0.39 is 5.91 Å². The van der Waals surface area contributed by atoms with Gasteiger partial charge in [-0.05, 0) is 30.7 Å². The molecule has 4 rings (SSSR count). The molecule has 0 atom stereocenters. The lowest BCUT2D eigenvalue weighted by Gasteiger charge is -2.05. The Bertz CT molecular complexity index is 1020. The van der Waals surface area contributed by atoms with Gasteiger partial charge in [0.15, 0.2) is 11.5 Å². The molecule has 1 amide bonds. The van der Waals surface area contributed by atoms with Crippen molar-refractivity contribution in [3.05, 3.63) is 59.4 Å². The van der Waals surface area contributed by atoms with Gasteiger partial charge in [0.2, 0.25) is 5.13 Å². The number of hydrogen-bond acceptors (Lipinski definition) is 7. The topological polar surface area (TPSA) is 98.7 Å². The van der Waals surface area contributed by atoms with E-state index in [0.29, 0.717) is 16.6 Å². The van der Waals surface area contributed by atoms with Crippen molar-refractivity contribution in [2.24, 2.45) is 0 Å². The minimum Gasteiger partial charge on any atom is -0.463 e. The number of para-hydroxylation sites is 1. The number of aryl methyl sites for hydroxylation is 1. The Hall–Kier alpha value is -3.33. The van der Waals surface area contributed by atoms with E-state index in [9.17, 15) is 4.79 Å². The third-order valence-corrected chi connectivity index (χ3v) is 4.61. The Morgan fingerprint density at radius 1 is 1.15 bits per heavy atom. The summed E-state index contributed by atoms with van der Waals surface area (Å²) in [6.45, 7) is 1.98. The minimum atomic E-state index is -0.419. The van der Waals surface area contributed by atoms with E-state index in [1.807, 2.05) is 37.3 Å². The summed E-state index contributed by atoms with van der Waals surface area (Å²) in [5.74, 6) is 0.0768. The molecule has 8 nitrogen and oxygen atoms in total. The Morgan fingerprint density at radius 3 is 2.69 bits per heavy atom. The molecule has 1 N–H and O–H groups in total. The standard InChI is InChI=1S/C17H14N6O2S/c1-2-13-19-21-17(26-13)18-16(24)14-15(12-9-6-10-25-12)23(22-20-14)11-7-4-3-5-8-11/h3-10H,2H2,1H3,(H,18,21,24). The largest absolute Gasteiger partial charge is 0.463 e. The van der Waals surface area contributed by atoms with Crippen LogP contribution >= 0.6 is 11.3 Å². The molecule has 0 aliphatic rings. The first kappa shape index (κ1) is 16.2. The van der Waals surface area contributed by atoms with Crippen molar-refractivity contribution in [2.45, 2.75) is 13.3 Å². The van der Waals surface area contributed by atoms with Crippen LogP contribution in [0.5, 0.6) is 0 Å². The fourth-order valence-corrected chi connectivity index (χ4v) is 3.10. The van der Waals surface area contributed by atoms with Gasteiger partial charge in [-0.3, -0.25) is 10.1 Å². The molecule has 1 aromatic carbocycles. The highest BCUT2D eigenvalue weighted by molar-refractivity contribution is 7.15. The van der Waals surface area contributed by atoms with Crippen molar-refractivity contribution in [3.8, 4) is 17.1 Å². The summed E-state index contributed by atoms with van der Waals surface area (Å²) in [6, 6.07) is 12.9. The zero-order valence-corrected chi connectivity index (χ0v) is 14.6. The van der Waals surface area contributed by atoms with Crippen molar-refractivity contribution < 1.29 is 9.21 Å². The normalized spacial score (nSPS) is 10.8. The van der Waals surface area contributed by atoms with Gasteiger partial charge in [-0.25, -0.2) is 4.68 Å². The number of furan rings is 1. The summed E-state index contributed by atoms with van der Waals surface area (Å²) in [5.41, 5.74) is 1.39. The number of nitrogens with one attached hydrogen (secondary N) is 1. The quantitative estimate of drug-likeness (QED) is 0.582. The van der Waals surface area contributed by atoms with Gasteiger partial charge in [-0.2, -0.15) is 0 Å². The molecule has 0 aliphatic heterocycles. The number of amides is 1. The minimum absolute atomic E-state index is 0.150. The summed E-state index contributed by atoms with van der Waals surface area (Å²) in [7, 11) is 0. The van der Waals surface area contributed by atoms with E-state index in [-0.39, 0.29) is 5.69 Å². The van der Waals surface area contributed by atoms with Crippen LogP contribution in [0.15, 0.2) is 53.1 Å². The predicted molar refractivity (Wildman–Crippen MR) is 96.3 cm³/mol. The average Bonchev–Trinajstić information content (AvgIpc) is 3.41. The highest BCUT2D eigenvalue weighted by Crippen LogP contribution is 2.26. The Morgan fingerprint density at radius 2 is 2.00 bits per heavy atom. The van der Waals surface area contributed by atoms with E-state index >= 15 is 0 Å². The van der Waals surface area contributed by atoms with Gasteiger partial charge in [-0.15, -0.1) is 15.3 Å². The second-order valence-electron chi connectivity index (χ2n) is 5.32. The van der Waals surface area contributed by atoms with Gasteiger partial charge >= 0.3 is 0 Å². The molecule has 0 fully saturated rings. The molecule has 0 bridgehead atoms. The maximum atomic E-state index is 12.7. The highest BCUT2D eigenvalue weighted by Gasteiger charge is 2.24. The Labute approximate surface area is 152 Å². The number of carbonyl (C=O) groups excluding carboxylic acids is 1. The zero-order valence-electron chi connectivity index (χ0n) is 13.8. The molecular weight excluding hydrogens is 352 g/mol. The summed E-state index contributed by atoms with van der Waals surface area (Å²) in [5, 5.41) is 20.2. The van der Waals surface area contributed by atoms with Crippen LogP contribution in [-0.4, -0.2) is 31.1 Å². The number of anilines is 1. The molecule has 0 aliphatic carbocycles. The van der Waals surface area contributed by atoms with E-state index in [2.05, 4.69) is 25.8 Å². The molecular formula is C17H14N6O2S. The Balaban J connectivity index is 1.74.